The van der Waals surface area contributed by atoms with Crippen LogP contribution < -0.4 is 0 Å². The molecular formula is C23H32BrN3O2. The number of benzene rings is 1. The summed E-state index contributed by atoms with van der Waals surface area (Å²) in [5, 5.41) is 0. The molecule has 158 valence electrons. The highest BCUT2D eigenvalue weighted by molar-refractivity contribution is 9.10. The third kappa shape index (κ3) is 6.46. The quantitative estimate of drug-likeness (QED) is 0.507. The number of halogens is 1. The summed E-state index contributed by atoms with van der Waals surface area (Å²) in [5.41, 5.74) is 1.69. The van der Waals surface area contributed by atoms with E-state index in [0.717, 1.165) is 29.4 Å². The number of aryl methyl sites for hydroxylation is 1. The predicted octanol–water partition coefficient (Wildman–Crippen LogP) is 4.86. The summed E-state index contributed by atoms with van der Waals surface area (Å²) in [7, 11) is 1.99. The molecule has 1 aromatic heterocycles. The normalized spacial score (nSPS) is 11.9. The first-order chi connectivity index (χ1) is 13.9. The Kier molecular flexibility index (Phi) is 8.96. The predicted molar refractivity (Wildman–Crippen MR) is 121 cm³/mol. The van der Waals surface area contributed by atoms with Crippen molar-refractivity contribution in [3.8, 4) is 0 Å². The van der Waals surface area contributed by atoms with E-state index in [-0.39, 0.29) is 24.4 Å². The van der Waals surface area contributed by atoms with Crippen molar-refractivity contribution in [3.63, 3.8) is 0 Å². The molecule has 6 heteroatoms. The van der Waals surface area contributed by atoms with Crippen LogP contribution in [0.15, 0.2) is 47.1 Å². The third-order valence-corrected chi connectivity index (χ3v) is 5.85. The molecule has 1 aromatic carbocycles. The Bertz CT molecular complexity index is 801. The lowest BCUT2D eigenvalue weighted by atomic mass is 10.1. The molecule has 0 aliphatic carbocycles. The summed E-state index contributed by atoms with van der Waals surface area (Å²) < 4.78 is 2.96. The van der Waals surface area contributed by atoms with Crippen molar-refractivity contribution < 1.29 is 9.59 Å². The lowest BCUT2D eigenvalue weighted by Crippen LogP contribution is -2.46. The fourth-order valence-corrected chi connectivity index (χ4v) is 3.41. The molecular weight excluding hydrogens is 430 g/mol. The molecule has 1 heterocycles. The summed E-state index contributed by atoms with van der Waals surface area (Å²) in [6.45, 7) is 7.50. The largest absolute Gasteiger partial charge is 0.353 e. The number of carbonyl (C=O) groups excluding carboxylic acids is 2. The van der Waals surface area contributed by atoms with Crippen LogP contribution in [0.25, 0.3) is 0 Å². The molecule has 0 spiro atoms. The van der Waals surface area contributed by atoms with Crippen molar-refractivity contribution in [1.29, 1.82) is 0 Å². The van der Waals surface area contributed by atoms with Gasteiger partial charge in [0.05, 0.1) is 6.54 Å². The monoisotopic (exact) mass is 461 g/mol. The van der Waals surface area contributed by atoms with E-state index in [1.807, 2.05) is 60.8 Å². The molecule has 2 amide bonds. The first-order valence-corrected chi connectivity index (χ1v) is 11.1. The van der Waals surface area contributed by atoms with Gasteiger partial charge < -0.3 is 14.4 Å². The molecule has 0 aliphatic rings. The second-order valence-electron chi connectivity index (χ2n) is 7.48. The molecule has 0 bridgehead atoms. The van der Waals surface area contributed by atoms with Crippen molar-refractivity contribution in [1.82, 2.24) is 14.4 Å². The molecule has 1 atom stereocenters. The average molecular weight is 462 g/mol. The van der Waals surface area contributed by atoms with Crippen LogP contribution >= 0.6 is 15.9 Å². The van der Waals surface area contributed by atoms with E-state index in [4.69, 9.17) is 0 Å². The number of unbranched alkanes of at least 4 members (excludes halogenated alkanes) is 1. The summed E-state index contributed by atoms with van der Waals surface area (Å²) in [6, 6.07) is 11.3. The minimum atomic E-state index is -0.102. The molecule has 0 saturated heterocycles. The highest BCUT2D eigenvalue weighted by atomic mass is 79.9. The summed E-state index contributed by atoms with van der Waals surface area (Å²) >= 11 is 3.40. The number of nitrogens with zero attached hydrogens (tertiary/aromatic N) is 3. The Hall–Kier alpha value is -2.08. The fourth-order valence-electron chi connectivity index (χ4n) is 3.15. The molecule has 0 fully saturated rings. The maximum atomic E-state index is 13.2. The Morgan fingerprint density at radius 2 is 1.83 bits per heavy atom. The van der Waals surface area contributed by atoms with Gasteiger partial charge in [0, 0.05) is 41.6 Å². The van der Waals surface area contributed by atoms with Crippen LogP contribution in [0.3, 0.4) is 0 Å². The number of carbonyl (C=O) groups is 2. The van der Waals surface area contributed by atoms with Crippen molar-refractivity contribution in [2.24, 2.45) is 7.05 Å². The first-order valence-electron chi connectivity index (χ1n) is 10.3. The van der Waals surface area contributed by atoms with Gasteiger partial charge in [0.2, 0.25) is 5.91 Å². The van der Waals surface area contributed by atoms with Gasteiger partial charge in [-0.2, -0.15) is 0 Å². The van der Waals surface area contributed by atoms with Gasteiger partial charge in [-0.3, -0.25) is 9.59 Å². The van der Waals surface area contributed by atoms with Gasteiger partial charge in [-0.25, -0.2) is 0 Å². The summed E-state index contributed by atoms with van der Waals surface area (Å²) in [5.74, 6) is -0.111. The van der Waals surface area contributed by atoms with E-state index < -0.39 is 0 Å². The Morgan fingerprint density at radius 3 is 2.38 bits per heavy atom. The van der Waals surface area contributed by atoms with Crippen molar-refractivity contribution in [3.05, 3.63) is 58.3 Å². The minimum Gasteiger partial charge on any atom is -0.353 e. The maximum Gasteiger partial charge on any atom is 0.254 e. The zero-order valence-corrected chi connectivity index (χ0v) is 19.5. The van der Waals surface area contributed by atoms with Crippen LogP contribution in [0.1, 0.15) is 56.1 Å². The molecule has 1 unspecified atom stereocenters. The fraction of sp³-hybridized carbons (Fsp3) is 0.478. The lowest BCUT2D eigenvalue weighted by molar-refractivity contribution is -0.133. The molecule has 2 rings (SSSR count). The Balaban J connectivity index is 2.19. The Morgan fingerprint density at radius 1 is 1.14 bits per heavy atom. The second-order valence-corrected chi connectivity index (χ2v) is 8.39. The standard InChI is InChI=1S/C23H32BrN3O2/c1-5-7-15-26(16-21-9-8-14-25(21)4)22(28)17-27(18(3)6-2)23(29)19-10-12-20(24)13-11-19/h8-14,18H,5-7,15-17H2,1-4H3. The van der Waals surface area contributed by atoms with E-state index in [1.54, 1.807) is 17.0 Å². The van der Waals surface area contributed by atoms with E-state index in [9.17, 15) is 9.59 Å². The number of hydrogen-bond acceptors (Lipinski definition) is 2. The van der Waals surface area contributed by atoms with Crippen LogP contribution in [-0.4, -0.2) is 45.3 Å². The van der Waals surface area contributed by atoms with Gasteiger partial charge in [0.15, 0.2) is 0 Å². The van der Waals surface area contributed by atoms with Crippen molar-refractivity contribution in [2.75, 3.05) is 13.1 Å². The van der Waals surface area contributed by atoms with E-state index >= 15 is 0 Å². The summed E-state index contributed by atoms with van der Waals surface area (Å²) in [6.07, 6.45) is 4.74. The zero-order valence-electron chi connectivity index (χ0n) is 17.9. The van der Waals surface area contributed by atoms with E-state index in [1.165, 1.54) is 0 Å². The average Bonchev–Trinajstić information content (AvgIpc) is 3.13. The minimum absolute atomic E-state index is 0.00888. The molecule has 2 aromatic rings. The van der Waals surface area contributed by atoms with Gasteiger partial charge >= 0.3 is 0 Å². The molecule has 5 nitrogen and oxygen atoms in total. The SMILES string of the molecule is CCCCN(Cc1cccn1C)C(=O)CN(C(=O)c1ccc(Br)cc1)C(C)CC. The van der Waals surface area contributed by atoms with Gasteiger partial charge in [-0.05, 0) is 56.2 Å². The third-order valence-electron chi connectivity index (χ3n) is 5.32. The lowest BCUT2D eigenvalue weighted by Gasteiger charge is -2.31. The van der Waals surface area contributed by atoms with E-state index in [2.05, 4.69) is 22.9 Å². The van der Waals surface area contributed by atoms with Crippen LogP contribution in [0.5, 0.6) is 0 Å². The zero-order chi connectivity index (χ0) is 21.4. The molecule has 0 radical (unpaired) electrons. The van der Waals surface area contributed by atoms with Gasteiger partial charge in [0.25, 0.3) is 5.91 Å². The first kappa shape index (κ1) is 23.2. The summed E-state index contributed by atoms with van der Waals surface area (Å²) in [4.78, 5) is 29.9. The smallest absolute Gasteiger partial charge is 0.254 e. The second kappa shape index (κ2) is 11.2. The highest BCUT2D eigenvalue weighted by Gasteiger charge is 2.26. The van der Waals surface area contributed by atoms with Crippen LogP contribution in [0.4, 0.5) is 0 Å². The number of rotatable bonds is 10. The maximum absolute atomic E-state index is 13.2. The van der Waals surface area contributed by atoms with Gasteiger partial charge in [-0.1, -0.05) is 36.2 Å². The molecule has 29 heavy (non-hydrogen) atoms. The van der Waals surface area contributed by atoms with Crippen LogP contribution in [-0.2, 0) is 18.4 Å². The van der Waals surface area contributed by atoms with Gasteiger partial charge in [0.1, 0.15) is 6.54 Å². The highest BCUT2D eigenvalue weighted by Crippen LogP contribution is 2.16. The topological polar surface area (TPSA) is 45.6 Å². The molecule has 0 N–H and O–H groups in total. The molecule has 0 saturated carbocycles. The van der Waals surface area contributed by atoms with Crippen LogP contribution in [0, 0.1) is 0 Å². The number of aromatic nitrogens is 1. The van der Waals surface area contributed by atoms with Crippen LogP contribution in [0.2, 0.25) is 0 Å². The van der Waals surface area contributed by atoms with E-state index in [0.29, 0.717) is 18.7 Å². The number of hydrogen-bond donors (Lipinski definition) is 0. The Labute approximate surface area is 182 Å². The number of amides is 2. The van der Waals surface area contributed by atoms with Gasteiger partial charge in [-0.15, -0.1) is 0 Å². The molecule has 0 aliphatic heterocycles. The van der Waals surface area contributed by atoms with Crippen molar-refractivity contribution >= 4 is 27.7 Å². The van der Waals surface area contributed by atoms with Crippen molar-refractivity contribution in [2.45, 2.75) is 52.6 Å².